The summed E-state index contributed by atoms with van der Waals surface area (Å²) in [5.74, 6) is 0.545. The number of hydrogen-bond donors (Lipinski definition) is 1. The van der Waals surface area contributed by atoms with E-state index in [1.165, 1.54) is 4.90 Å². The second-order valence-corrected chi connectivity index (χ2v) is 12.3. The number of benzene rings is 1. The molecule has 1 aromatic heterocycles. The highest BCUT2D eigenvalue weighted by molar-refractivity contribution is 5.89. The Kier molecular flexibility index (Phi) is 8.49. The molecule has 9 nitrogen and oxygen atoms in total. The summed E-state index contributed by atoms with van der Waals surface area (Å²) in [6.45, 7) is 17.8. The number of hydrogen-bond acceptors (Lipinski definition) is 8. The van der Waals surface area contributed by atoms with Crippen molar-refractivity contribution < 1.29 is 18.7 Å². The van der Waals surface area contributed by atoms with E-state index in [0.29, 0.717) is 23.9 Å². The van der Waals surface area contributed by atoms with Crippen molar-refractivity contribution in [3.63, 3.8) is 0 Å². The first-order valence-corrected chi connectivity index (χ1v) is 13.7. The number of nitrogens with one attached hydrogen (secondary N) is 1. The van der Waals surface area contributed by atoms with E-state index in [1.807, 2.05) is 46.8 Å². The molecule has 0 spiro atoms. The standard InChI is InChI=1S/C29H43FN6O3/c1-19(21-9-10-22(23(30)15-21)16-35-14-13-34(8)29(6,7)18-35)32-26-31-12-11-25(33-26)36-24(17-38-27(36)37)20(2)39-28(3,4)5/h9-12,15,19-20,24H,13-14,16-18H2,1-8H3,(H,31,32,33)/t19-,20-,24?/m0/s1. The molecule has 3 heterocycles. The van der Waals surface area contributed by atoms with Gasteiger partial charge in [0.2, 0.25) is 5.95 Å². The second-order valence-electron chi connectivity index (χ2n) is 12.3. The highest BCUT2D eigenvalue weighted by atomic mass is 19.1. The van der Waals surface area contributed by atoms with Crippen LogP contribution in [0.25, 0.3) is 0 Å². The molecule has 2 aliphatic heterocycles. The van der Waals surface area contributed by atoms with Gasteiger partial charge in [0.15, 0.2) is 0 Å². The third-order valence-corrected chi connectivity index (χ3v) is 7.59. The minimum absolute atomic E-state index is 0.0606. The number of cyclic esters (lactones) is 1. The summed E-state index contributed by atoms with van der Waals surface area (Å²) in [4.78, 5) is 27.7. The van der Waals surface area contributed by atoms with Gasteiger partial charge in [-0.05, 0) is 73.2 Å². The quantitative estimate of drug-likeness (QED) is 0.507. The molecular formula is C29H43FN6O3. The monoisotopic (exact) mass is 542 g/mol. The van der Waals surface area contributed by atoms with Crippen LogP contribution in [-0.2, 0) is 16.0 Å². The lowest BCUT2D eigenvalue weighted by molar-refractivity contribution is -0.0618. The van der Waals surface area contributed by atoms with Crippen molar-refractivity contribution in [2.24, 2.45) is 0 Å². The van der Waals surface area contributed by atoms with Crippen molar-refractivity contribution in [1.82, 2.24) is 19.8 Å². The van der Waals surface area contributed by atoms with Crippen LogP contribution in [0.3, 0.4) is 0 Å². The van der Waals surface area contributed by atoms with E-state index < -0.39 is 6.09 Å². The third kappa shape index (κ3) is 7.04. The molecule has 1 unspecified atom stereocenters. The number of halogens is 1. The van der Waals surface area contributed by atoms with E-state index in [4.69, 9.17) is 9.47 Å². The average molecular weight is 543 g/mol. The third-order valence-electron chi connectivity index (χ3n) is 7.59. The molecule has 2 fully saturated rings. The highest BCUT2D eigenvalue weighted by Crippen LogP contribution is 2.28. The summed E-state index contributed by atoms with van der Waals surface area (Å²) >= 11 is 0. The summed E-state index contributed by atoms with van der Waals surface area (Å²) in [6, 6.07) is 6.50. The van der Waals surface area contributed by atoms with Gasteiger partial charge in [-0.15, -0.1) is 0 Å². The number of aromatic nitrogens is 2. The Morgan fingerprint density at radius 2 is 1.97 bits per heavy atom. The van der Waals surface area contributed by atoms with Crippen LogP contribution >= 0.6 is 0 Å². The van der Waals surface area contributed by atoms with Gasteiger partial charge in [-0.25, -0.2) is 14.2 Å². The second kappa shape index (κ2) is 11.3. The van der Waals surface area contributed by atoms with Crippen LogP contribution in [0.2, 0.25) is 0 Å². The average Bonchev–Trinajstić information content (AvgIpc) is 3.23. The molecule has 214 valence electrons. The van der Waals surface area contributed by atoms with Gasteiger partial charge in [-0.1, -0.05) is 12.1 Å². The number of ether oxygens (including phenoxy) is 2. The van der Waals surface area contributed by atoms with Gasteiger partial charge in [-0.3, -0.25) is 14.7 Å². The Bertz CT molecular complexity index is 1170. The predicted molar refractivity (Wildman–Crippen MR) is 150 cm³/mol. The van der Waals surface area contributed by atoms with E-state index in [9.17, 15) is 4.79 Å². The predicted octanol–water partition coefficient (Wildman–Crippen LogP) is 4.84. The lowest BCUT2D eigenvalue weighted by atomic mass is 9.99. The minimum atomic E-state index is -0.469. The number of carbonyl (C=O) groups is 1. The van der Waals surface area contributed by atoms with E-state index >= 15 is 4.39 Å². The van der Waals surface area contributed by atoms with Gasteiger partial charge in [0, 0.05) is 43.5 Å². The zero-order chi connectivity index (χ0) is 28.5. The maximum Gasteiger partial charge on any atom is 0.416 e. The Labute approximate surface area is 231 Å². The van der Waals surface area contributed by atoms with Crippen LogP contribution in [0.15, 0.2) is 30.5 Å². The number of anilines is 2. The number of piperazine rings is 1. The summed E-state index contributed by atoms with van der Waals surface area (Å²) < 4.78 is 26.6. The number of likely N-dealkylation sites (N-methyl/N-ethyl adjacent to an activating group) is 1. The van der Waals surface area contributed by atoms with Crippen LogP contribution < -0.4 is 10.2 Å². The van der Waals surface area contributed by atoms with Gasteiger partial charge >= 0.3 is 6.09 Å². The van der Waals surface area contributed by atoms with Crippen molar-refractivity contribution in [2.75, 3.05) is 43.5 Å². The van der Waals surface area contributed by atoms with E-state index in [0.717, 1.165) is 25.2 Å². The van der Waals surface area contributed by atoms with Crippen molar-refractivity contribution in [3.8, 4) is 0 Å². The van der Waals surface area contributed by atoms with Crippen LogP contribution in [-0.4, -0.2) is 82.4 Å². The maximum absolute atomic E-state index is 15.2. The molecule has 2 saturated heterocycles. The van der Waals surface area contributed by atoms with Crippen molar-refractivity contribution in [3.05, 3.63) is 47.4 Å². The number of carbonyl (C=O) groups excluding carboxylic acids is 1. The van der Waals surface area contributed by atoms with E-state index in [1.54, 1.807) is 18.3 Å². The first-order chi connectivity index (χ1) is 18.2. The van der Waals surface area contributed by atoms with Gasteiger partial charge in [0.1, 0.15) is 24.3 Å². The fourth-order valence-corrected chi connectivity index (χ4v) is 5.19. The van der Waals surface area contributed by atoms with Gasteiger partial charge in [0.25, 0.3) is 0 Å². The van der Waals surface area contributed by atoms with Crippen LogP contribution in [0.4, 0.5) is 21.0 Å². The topological polar surface area (TPSA) is 83.1 Å². The molecular weight excluding hydrogens is 499 g/mol. The lowest BCUT2D eigenvalue weighted by Crippen LogP contribution is -2.57. The zero-order valence-corrected chi connectivity index (χ0v) is 24.5. The lowest BCUT2D eigenvalue weighted by Gasteiger charge is -2.45. The van der Waals surface area contributed by atoms with Crippen LogP contribution in [0.1, 0.15) is 65.6 Å². The Morgan fingerprint density at radius 3 is 2.64 bits per heavy atom. The molecule has 3 atom stereocenters. The van der Waals surface area contributed by atoms with Crippen LogP contribution in [0.5, 0.6) is 0 Å². The van der Waals surface area contributed by atoms with Gasteiger partial charge in [0.05, 0.1) is 17.7 Å². The summed E-state index contributed by atoms with van der Waals surface area (Å²) in [7, 11) is 2.14. The molecule has 2 aromatic rings. The molecule has 0 radical (unpaired) electrons. The SMILES string of the molecule is C[C@H](Nc1nccc(N2C(=O)OCC2[C@H](C)OC(C)(C)C)n1)c1ccc(CN2CCN(C)C(C)(C)C2)c(F)c1. The molecule has 1 aromatic carbocycles. The molecule has 0 aliphatic carbocycles. The normalized spacial score (nSPS) is 22.0. The first-order valence-electron chi connectivity index (χ1n) is 13.7. The summed E-state index contributed by atoms with van der Waals surface area (Å²) in [5, 5.41) is 3.25. The maximum atomic E-state index is 15.2. The Hall–Kier alpha value is -2.82. The molecule has 1 N–H and O–H groups in total. The number of nitrogens with zero attached hydrogens (tertiary/aromatic N) is 5. The molecule has 4 rings (SSSR count). The largest absolute Gasteiger partial charge is 0.447 e. The van der Waals surface area contributed by atoms with Crippen LogP contribution in [0, 0.1) is 5.82 Å². The summed E-state index contributed by atoms with van der Waals surface area (Å²) in [5.41, 5.74) is 1.17. The molecule has 39 heavy (non-hydrogen) atoms. The van der Waals surface area contributed by atoms with E-state index in [-0.39, 0.29) is 41.8 Å². The van der Waals surface area contributed by atoms with Gasteiger partial charge < -0.3 is 14.8 Å². The number of amides is 1. The Balaban J connectivity index is 1.43. The fraction of sp³-hybridized carbons (Fsp3) is 0.621. The van der Waals surface area contributed by atoms with Crippen molar-refractivity contribution >= 4 is 17.9 Å². The summed E-state index contributed by atoms with van der Waals surface area (Å²) in [6.07, 6.45) is 0.861. The molecule has 2 aliphatic rings. The highest BCUT2D eigenvalue weighted by Gasteiger charge is 2.40. The van der Waals surface area contributed by atoms with E-state index in [2.05, 4.69) is 46.0 Å². The number of rotatable bonds is 8. The van der Waals surface area contributed by atoms with Gasteiger partial charge in [-0.2, -0.15) is 4.98 Å². The smallest absolute Gasteiger partial charge is 0.416 e. The molecule has 0 saturated carbocycles. The fourth-order valence-electron chi connectivity index (χ4n) is 5.19. The molecule has 1 amide bonds. The Morgan fingerprint density at radius 1 is 1.23 bits per heavy atom. The van der Waals surface area contributed by atoms with Crippen molar-refractivity contribution in [1.29, 1.82) is 0 Å². The zero-order valence-electron chi connectivity index (χ0n) is 24.5. The molecule has 10 heteroatoms. The minimum Gasteiger partial charge on any atom is -0.447 e. The first kappa shape index (κ1) is 29.2. The molecule has 0 bridgehead atoms. The van der Waals surface area contributed by atoms with Crippen molar-refractivity contribution in [2.45, 2.75) is 84.3 Å².